The van der Waals surface area contributed by atoms with E-state index in [-0.39, 0.29) is 11.4 Å². The van der Waals surface area contributed by atoms with E-state index in [1.807, 2.05) is 6.26 Å². The monoisotopic (exact) mass is 327 g/mol. The lowest BCUT2D eigenvalue weighted by atomic mass is 10.3. The molecule has 0 unspecified atom stereocenters. The third-order valence-electron chi connectivity index (χ3n) is 2.34. The Bertz CT molecular complexity index is 606. The number of hydrogen-bond acceptors (Lipinski definition) is 8. The fourth-order valence-electron chi connectivity index (χ4n) is 1.49. The van der Waals surface area contributed by atoms with Gasteiger partial charge in [-0.15, -0.1) is 10.2 Å². The predicted molar refractivity (Wildman–Crippen MR) is 80.8 cm³/mol. The second-order valence-electron chi connectivity index (χ2n) is 3.82. The molecule has 0 aliphatic heterocycles. The van der Waals surface area contributed by atoms with Crippen LogP contribution in [-0.2, 0) is 5.75 Å². The van der Waals surface area contributed by atoms with Crippen LogP contribution in [0.5, 0.6) is 5.75 Å². The van der Waals surface area contributed by atoms with Gasteiger partial charge >= 0.3 is 5.69 Å². The number of ether oxygens (including phenoxy) is 1. The summed E-state index contributed by atoms with van der Waals surface area (Å²) in [5, 5.41) is 19.1. The standard InChI is InChI=1S/C12H13N3O4S2/c1-20-8-11-13-14-12(19-11)21-7-6-18-10-5-3-2-4-9(10)15(16)17/h2-5H,6-8H2,1H3. The van der Waals surface area contributed by atoms with Gasteiger partial charge in [0.25, 0.3) is 5.22 Å². The van der Waals surface area contributed by atoms with Crippen molar-refractivity contribution < 1.29 is 14.1 Å². The topological polar surface area (TPSA) is 91.3 Å². The highest BCUT2D eigenvalue weighted by Crippen LogP contribution is 2.26. The van der Waals surface area contributed by atoms with Gasteiger partial charge < -0.3 is 9.15 Å². The number of benzene rings is 1. The minimum Gasteiger partial charge on any atom is -0.486 e. The van der Waals surface area contributed by atoms with Crippen LogP contribution in [0.25, 0.3) is 0 Å². The molecule has 1 aromatic heterocycles. The Morgan fingerprint density at radius 2 is 2.19 bits per heavy atom. The number of aromatic nitrogens is 2. The first-order valence-corrected chi connectivity index (χ1v) is 8.39. The van der Waals surface area contributed by atoms with Crippen molar-refractivity contribution in [2.24, 2.45) is 0 Å². The van der Waals surface area contributed by atoms with Gasteiger partial charge in [0, 0.05) is 11.8 Å². The lowest BCUT2D eigenvalue weighted by molar-refractivity contribution is -0.385. The molecule has 2 aromatic rings. The van der Waals surface area contributed by atoms with Crippen molar-refractivity contribution in [1.82, 2.24) is 10.2 Å². The minimum atomic E-state index is -0.463. The molecule has 0 fully saturated rings. The highest BCUT2D eigenvalue weighted by Gasteiger charge is 2.13. The van der Waals surface area contributed by atoms with E-state index in [4.69, 9.17) is 9.15 Å². The molecular weight excluding hydrogens is 314 g/mol. The highest BCUT2D eigenvalue weighted by molar-refractivity contribution is 7.99. The number of nitro benzene ring substituents is 1. The Kier molecular flexibility index (Phi) is 5.88. The summed E-state index contributed by atoms with van der Waals surface area (Å²) < 4.78 is 10.8. The van der Waals surface area contributed by atoms with Gasteiger partial charge in [-0.25, -0.2) is 0 Å². The Hall–Kier alpha value is -1.74. The summed E-state index contributed by atoms with van der Waals surface area (Å²) in [6.45, 7) is 0.315. The normalized spacial score (nSPS) is 10.5. The van der Waals surface area contributed by atoms with Crippen molar-refractivity contribution in [1.29, 1.82) is 0 Å². The highest BCUT2D eigenvalue weighted by atomic mass is 32.2. The molecule has 0 N–H and O–H groups in total. The molecule has 9 heteroatoms. The molecule has 0 spiro atoms. The third-order valence-corrected chi connectivity index (χ3v) is 3.66. The maximum atomic E-state index is 10.8. The zero-order valence-electron chi connectivity index (χ0n) is 11.2. The van der Waals surface area contributed by atoms with Crippen LogP contribution in [0.4, 0.5) is 5.69 Å². The first-order valence-electron chi connectivity index (χ1n) is 6.01. The van der Waals surface area contributed by atoms with Gasteiger partial charge in [0.2, 0.25) is 5.89 Å². The SMILES string of the molecule is CSCc1nnc(SCCOc2ccccc2[N+](=O)[O-])o1. The zero-order chi connectivity index (χ0) is 15.1. The second kappa shape index (κ2) is 7.89. The average molecular weight is 327 g/mol. The molecule has 0 atom stereocenters. The summed E-state index contributed by atoms with van der Waals surface area (Å²) in [7, 11) is 0. The molecule has 0 saturated heterocycles. The lowest BCUT2D eigenvalue weighted by Crippen LogP contribution is -2.02. The fraction of sp³-hybridized carbons (Fsp3) is 0.333. The van der Waals surface area contributed by atoms with Crippen LogP contribution in [0.3, 0.4) is 0 Å². The van der Waals surface area contributed by atoms with Crippen molar-refractivity contribution in [3.63, 3.8) is 0 Å². The largest absolute Gasteiger partial charge is 0.486 e. The van der Waals surface area contributed by atoms with Crippen molar-refractivity contribution in [2.75, 3.05) is 18.6 Å². The number of rotatable bonds is 8. The molecule has 1 aromatic carbocycles. The van der Waals surface area contributed by atoms with E-state index in [2.05, 4.69) is 10.2 Å². The van der Waals surface area contributed by atoms with Crippen LogP contribution >= 0.6 is 23.5 Å². The quantitative estimate of drug-likeness (QED) is 0.316. The molecule has 2 rings (SSSR count). The number of para-hydroxylation sites is 2. The summed E-state index contributed by atoms with van der Waals surface area (Å²) in [5.74, 6) is 2.09. The molecule has 7 nitrogen and oxygen atoms in total. The summed E-state index contributed by atoms with van der Waals surface area (Å²) in [6.07, 6.45) is 1.96. The smallest absolute Gasteiger partial charge is 0.310 e. The van der Waals surface area contributed by atoms with E-state index < -0.39 is 4.92 Å². The summed E-state index contributed by atoms with van der Waals surface area (Å²) >= 11 is 2.96. The number of thioether (sulfide) groups is 2. The van der Waals surface area contributed by atoms with Crippen LogP contribution in [0.15, 0.2) is 33.9 Å². The van der Waals surface area contributed by atoms with Gasteiger partial charge in [-0.2, -0.15) is 11.8 Å². The van der Waals surface area contributed by atoms with Crippen molar-refractivity contribution in [3.05, 3.63) is 40.3 Å². The zero-order valence-corrected chi connectivity index (χ0v) is 12.9. The van der Waals surface area contributed by atoms with Crippen LogP contribution in [0.1, 0.15) is 5.89 Å². The van der Waals surface area contributed by atoms with Crippen molar-refractivity contribution >= 4 is 29.2 Å². The molecule has 0 saturated carbocycles. The Morgan fingerprint density at radius 1 is 1.38 bits per heavy atom. The summed E-state index contributed by atoms with van der Waals surface area (Å²) in [5.41, 5.74) is -0.0393. The Morgan fingerprint density at radius 3 is 2.95 bits per heavy atom. The Balaban J connectivity index is 1.80. The van der Waals surface area contributed by atoms with Gasteiger partial charge in [0.1, 0.15) is 0 Å². The fourth-order valence-corrected chi connectivity index (χ4v) is 2.45. The first kappa shape index (κ1) is 15.6. The lowest BCUT2D eigenvalue weighted by Gasteiger charge is -2.05. The van der Waals surface area contributed by atoms with E-state index in [9.17, 15) is 10.1 Å². The molecule has 0 aliphatic carbocycles. The van der Waals surface area contributed by atoms with Crippen molar-refractivity contribution in [2.45, 2.75) is 11.0 Å². The van der Waals surface area contributed by atoms with E-state index in [0.29, 0.717) is 29.2 Å². The molecular formula is C12H13N3O4S2. The average Bonchev–Trinajstić information content (AvgIpc) is 2.92. The van der Waals surface area contributed by atoms with Gasteiger partial charge in [-0.05, 0) is 12.3 Å². The van der Waals surface area contributed by atoms with E-state index in [0.717, 1.165) is 0 Å². The molecule has 0 aliphatic rings. The molecule has 0 amide bonds. The van der Waals surface area contributed by atoms with Gasteiger partial charge in [-0.1, -0.05) is 23.9 Å². The number of hydrogen-bond donors (Lipinski definition) is 0. The van der Waals surface area contributed by atoms with Gasteiger partial charge in [0.15, 0.2) is 5.75 Å². The minimum absolute atomic E-state index is 0.0393. The summed E-state index contributed by atoms with van der Waals surface area (Å²) in [6, 6.07) is 6.29. The predicted octanol–water partition coefficient (Wildman–Crippen LogP) is 3.01. The first-order chi connectivity index (χ1) is 10.2. The summed E-state index contributed by atoms with van der Waals surface area (Å²) in [4.78, 5) is 10.4. The van der Waals surface area contributed by atoms with Crippen LogP contribution in [0.2, 0.25) is 0 Å². The van der Waals surface area contributed by atoms with Crippen LogP contribution in [0, 0.1) is 10.1 Å². The Labute approximate surface area is 129 Å². The molecule has 0 bridgehead atoms. The third kappa shape index (κ3) is 4.64. The van der Waals surface area contributed by atoms with Gasteiger partial charge in [0.05, 0.1) is 17.3 Å². The maximum absolute atomic E-state index is 10.8. The van der Waals surface area contributed by atoms with Crippen LogP contribution < -0.4 is 4.74 Å². The molecule has 0 radical (unpaired) electrons. The van der Waals surface area contributed by atoms with E-state index in [1.165, 1.54) is 17.8 Å². The number of nitro groups is 1. The molecule has 1 heterocycles. The van der Waals surface area contributed by atoms with E-state index in [1.54, 1.807) is 30.0 Å². The van der Waals surface area contributed by atoms with Crippen LogP contribution in [-0.4, -0.2) is 33.7 Å². The number of nitrogens with zero attached hydrogens (tertiary/aromatic N) is 3. The molecule has 112 valence electrons. The second-order valence-corrected chi connectivity index (χ2v) is 5.73. The maximum Gasteiger partial charge on any atom is 0.310 e. The molecule has 21 heavy (non-hydrogen) atoms. The van der Waals surface area contributed by atoms with Crippen molar-refractivity contribution in [3.8, 4) is 5.75 Å². The van der Waals surface area contributed by atoms with E-state index >= 15 is 0 Å². The van der Waals surface area contributed by atoms with Gasteiger partial charge in [-0.3, -0.25) is 10.1 Å².